The van der Waals surface area contributed by atoms with Crippen LogP contribution in [0, 0.1) is 11.8 Å². The van der Waals surface area contributed by atoms with Gasteiger partial charge < -0.3 is 19.9 Å². The number of carbonyl (C=O) groups is 1. The molecule has 6 nitrogen and oxygen atoms in total. The van der Waals surface area contributed by atoms with Gasteiger partial charge in [-0.3, -0.25) is 4.79 Å². The molecule has 3 aromatic rings. The fourth-order valence-corrected chi connectivity index (χ4v) is 3.83. The molecule has 0 bridgehead atoms. The smallest absolute Gasteiger partial charge is 0.311 e. The third-order valence-corrected chi connectivity index (χ3v) is 5.74. The number of aromatic nitrogens is 2. The Morgan fingerprint density at radius 3 is 2.58 bits per heavy atom. The van der Waals surface area contributed by atoms with Crippen LogP contribution in [0.2, 0.25) is 5.02 Å². The summed E-state index contributed by atoms with van der Waals surface area (Å²) in [4.78, 5) is 19.0. The number of aromatic amines is 1. The molecule has 1 heterocycles. The molecule has 2 atom stereocenters. The van der Waals surface area contributed by atoms with E-state index in [1.54, 1.807) is 32.1 Å². The van der Waals surface area contributed by atoms with Crippen LogP contribution in [0.3, 0.4) is 0 Å². The van der Waals surface area contributed by atoms with Gasteiger partial charge in [-0.15, -0.1) is 0 Å². The molecule has 4 rings (SSSR count). The number of nitrogens with zero attached hydrogens (tertiary/aromatic N) is 1. The maximum absolute atomic E-state index is 11.4. The molecule has 1 aromatic heterocycles. The number of ether oxygens (including phenoxy) is 1. The van der Waals surface area contributed by atoms with Crippen LogP contribution in [0.25, 0.3) is 22.2 Å². The monoisotopic (exact) mass is 438 g/mol. The van der Waals surface area contributed by atoms with Crippen LogP contribution in [0.1, 0.15) is 26.3 Å². The van der Waals surface area contributed by atoms with Crippen molar-refractivity contribution in [1.82, 2.24) is 9.97 Å². The van der Waals surface area contributed by atoms with Crippen molar-refractivity contribution >= 4 is 28.6 Å². The normalized spacial score (nSPS) is 18.8. The average Bonchev–Trinajstić information content (AvgIpc) is 3.09. The number of aliphatic carboxylic acids is 1. The van der Waals surface area contributed by atoms with Gasteiger partial charge in [0.1, 0.15) is 5.76 Å². The topological polar surface area (TPSA) is 95.4 Å². The first-order valence-corrected chi connectivity index (χ1v) is 10.3. The number of benzene rings is 2. The minimum absolute atomic E-state index is 0.107. The van der Waals surface area contributed by atoms with Crippen LogP contribution in [-0.2, 0) is 10.4 Å². The van der Waals surface area contributed by atoms with E-state index < -0.39 is 17.5 Å². The molecular weight excluding hydrogens is 416 g/mol. The molecule has 0 radical (unpaired) electrons. The molecule has 1 aliphatic carbocycles. The number of fused-ring (bicyclic) bond motifs is 1. The van der Waals surface area contributed by atoms with Gasteiger partial charge in [0.25, 0.3) is 6.01 Å². The van der Waals surface area contributed by atoms with Gasteiger partial charge in [-0.25, -0.2) is 0 Å². The molecular formula is C24H23ClN2O4. The molecule has 31 heavy (non-hydrogen) atoms. The number of rotatable bonds is 5. The van der Waals surface area contributed by atoms with Crippen LogP contribution in [0.4, 0.5) is 0 Å². The van der Waals surface area contributed by atoms with Crippen LogP contribution < -0.4 is 4.74 Å². The Morgan fingerprint density at radius 1 is 1.23 bits per heavy atom. The summed E-state index contributed by atoms with van der Waals surface area (Å²) in [6.07, 6.45) is 5.14. The van der Waals surface area contributed by atoms with E-state index in [0.717, 1.165) is 16.7 Å². The Balaban J connectivity index is 1.63. The number of H-pyrrole nitrogens is 1. The summed E-state index contributed by atoms with van der Waals surface area (Å²) in [6, 6.07) is 11.5. The van der Waals surface area contributed by atoms with Crippen molar-refractivity contribution in [3.05, 3.63) is 71.0 Å². The zero-order chi connectivity index (χ0) is 22.3. The predicted octanol–water partition coefficient (Wildman–Crippen LogP) is 5.28. The van der Waals surface area contributed by atoms with Crippen LogP contribution >= 0.6 is 11.6 Å². The van der Waals surface area contributed by atoms with Gasteiger partial charge in [0.2, 0.25) is 0 Å². The van der Waals surface area contributed by atoms with E-state index in [2.05, 4.69) is 9.97 Å². The lowest BCUT2D eigenvalue weighted by Gasteiger charge is -2.18. The van der Waals surface area contributed by atoms with Gasteiger partial charge in [0.15, 0.2) is 0 Å². The van der Waals surface area contributed by atoms with Crippen molar-refractivity contribution in [3.63, 3.8) is 0 Å². The number of hydrogen-bond donors (Lipinski definition) is 3. The van der Waals surface area contributed by atoms with Crippen molar-refractivity contribution in [2.45, 2.75) is 26.4 Å². The van der Waals surface area contributed by atoms with Crippen molar-refractivity contribution < 1.29 is 19.7 Å². The second kappa shape index (κ2) is 7.87. The summed E-state index contributed by atoms with van der Waals surface area (Å²) in [5.41, 5.74) is 2.99. The number of allylic oxidation sites excluding steroid dienone is 2. The zero-order valence-electron chi connectivity index (χ0n) is 17.4. The molecule has 7 heteroatoms. The van der Waals surface area contributed by atoms with Crippen molar-refractivity contribution in [2.75, 3.05) is 0 Å². The minimum atomic E-state index is -0.916. The molecule has 1 aliphatic rings. The third-order valence-electron chi connectivity index (χ3n) is 5.43. The predicted molar refractivity (Wildman–Crippen MR) is 120 cm³/mol. The average molecular weight is 439 g/mol. The largest absolute Gasteiger partial charge is 0.481 e. The fraction of sp³-hybridized carbons (Fsp3) is 0.250. The van der Waals surface area contributed by atoms with E-state index in [0.29, 0.717) is 21.8 Å². The van der Waals surface area contributed by atoms with Crippen molar-refractivity contribution in [3.8, 4) is 17.1 Å². The number of hydrogen-bond acceptors (Lipinski definition) is 4. The zero-order valence-corrected chi connectivity index (χ0v) is 18.1. The summed E-state index contributed by atoms with van der Waals surface area (Å²) in [5, 5.41) is 20.1. The maximum atomic E-state index is 11.4. The Kier molecular flexibility index (Phi) is 5.37. The van der Waals surface area contributed by atoms with Gasteiger partial charge in [0, 0.05) is 5.56 Å². The molecule has 0 saturated carbocycles. The molecule has 3 N–H and O–H groups in total. The fourth-order valence-electron chi connectivity index (χ4n) is 3.56. The number of imidazole rings is 1. The summed E-state index contributed by atoms with van der Waals surface area (Å²) in [5.74, 6) is -1.21. The molecule has 0 aliphatic heterocycles. The molecule has 160 valence electrons. The Bertz CT molecular complexity index is 1200. The van der Waals surface area contributed by atoms with Crippen LogP contribution in [-0.4, -0.2) is 26.2 Å². The number of nitrogens with one attached hydrogen (secondary N) is 1. The second-order valence-corrected chi connectivity index (χ2v) is 8.69. The van der Waals surface area contributed by atoms with E-state index in [1.165, 1.54) is 0 Å². The first kappa shape index (κ1) is 21.2. The minimum Gasteiger partial charge on any atom is -0.481 e. The Hall–Kier alpha value is -3.09. The molecule has 0 saturated heterocycles. The van der Waals surface area contributed by atoms with Gasteiger partial charge in [-0.05, 0) is 55.2 Å². The van der Waals surface area contributed by atoms with Gasteiger partial charge in [0.05, 0.1) is 27.6 Å². The van der Waals surface area contributed by atoms with Gasteiger partial charge in [-0.1, -0.05) is 48.9 Å². The van der Waals surface area contributed by atoms with Gasteiger partial charge in [-0.2, -0.15) is 4.98 Å². The Morgan fingerprint density at radius 2 is 1.94 bits per heavy atom. The highest BCUT2D eigenvalue weighted by atomic mass is 35.5. The summed E-state index contributed by atoms with van der Waals surface area (Å²) in [6.45, 7) is 5.33. The number of halogens is 1. The maximum Gasteiger partial charge on any atom is 0.311 e. The van der Waals surface area contributed by atoms with Crippen molar-refractivity contribution in [1.29, 1.82) is 0 Å². The number of carboxylic acids is 1. The lowest BCUT2D eigenvalue weighted by molar-refractivity contribution is -0.141. The number of aliphatic hydroxyl groups is 1. The van der Waals surface area contributed by atoms with Gasteiger partial charge >= 0.3 is 5.97 Å². The van der Waals surface area contributed by atoms with Crippen LogP contribution in [0.5, 0.6) is 6.01 Å². The third kappa shape index (κ3) is 4.36. The lowest BCUT2D eigenvalue weighted by Crippen LogP contribution is -2.21. The Labute approximate surface area is 184 Å². The molecule has 0 fully saturated rings. The quantitative estimate of drug-likeness (QED) is 0.503. The van der Waals surface area contributed by atoms with Crippen molar-refractivity contribution in [2.24, 2.45) is 11.8 Å². The van der Waals surface area contributed by atoms with E-state index in [9.17, 15) is 15.0 Å². The lowest BCUT2D eigenvalue weighted by atomic mass is 9.89. The molecule has 0 amide bonds. The molecule has 2 unspecified atom stereocenters. The van der Waals surface area contributed by atoms with E-state index in [4.69, 9.17) is 16.3 Å². The SMILES string of the molecule is CC1C=CC(Oc2nc3cc(-c4ccc(C(C)(C)O)cc4)c(Cl)cc3[nH]2)=CC1C(=O)O. The first-order chi connectivity index (χ1) is 14.6. The standard InChI is InChI=1S/C24H23ClN2O4/c1-13-4-9-16(10-17(13)22(28)29)31-23-26-20-11-18(19(25)12-21(20)27-23)14-5-7-15(8-6-14)24(2,3)30/h4-13,17,30H,1-3H3,(H,26,27)(H,28,29). The summed E-state index contributed by atoms with van der Waals surface area (Å²) < 4.78 is 5.78. The summed E-state index contributed by atoms with van der Waals surface area (Å²) in [7, 11) is 0. The second-order valence-electron chi connectivity index (χ2n) is 8.28. The van der Waals surface area contributed by atoms with E-state index in [-0.39, 0.29) is 11.9 Å². The molecule has 0 spiro atoms. The summed E-state index contributed by atoms with van der Waals surface area (Å²) >= 11 is 6.51. The highest BCUT2D eigenvalue weighted by Crippen LogP contribution is 2.34. The number of carboxylic acid groups (broad SMARTS) is 1. The first-order valence-electron chi connectivity index (χ1n) is 9.95. The highest BCUT2D eigenvalue weighted by Gasteiger charge is 2.25. The van der Waals surface area contributed by atoms with E-state index in [1.807, 2.05) is 43.3 Å². The molecule has 2 aromatic carbocycles. The van der Waals surface area contributed by atoms with E-state index >= 15 is 0 Å². The highest BCUT2D eigenvalue weighted by molar-refractivity contribution is 6.34. The van der Waals surface area contributed by atoms with Crippen LogP contribution in [0.15, 0.2) is 60.4 Å².